The Labute approximate surface area is 149 Å². The fourth-order valence-electron chi connectivity index (χ4n) is 3.16. The number of aromatic nitrogens is 6. The molecule has 1 aliphatic rings. The zero-order valence-electron chi connectivity index (χ0n) is 14.2. The van der Waals surface area contributed by atoms with E-state index >= 15 is 0 Å². The molecule has 4 rings (SSSR count). The SMILES string of the molecule is CO[C@H]1C[C@@H](CNC(=O)c2ccc3nnnn3c2)N(c2ccncn2)C1. The number of hydrogen-bond donors (Lipinski definition) is 1. The van der Waals surface area contributed by atoms with E-state index < -0.39 is 0 Å². The van der Waals surface area contributed by atoms with Crippen LogP contribution in [-0.4, -0.2) is 68.3 Å². The monoisotopic (exact) mass is 354 g/mol. The largest absolute Gasteiger partial charge is 0.380 e. The second kappa shape index (κ2) is 7.00. The van der Waals surface area contributed by atoms with Crippen LogP contribution in [0.2, 0.25) is 0 Å². The van der Waals surface area contributed by atoms with Crippen molar-refractivity contribution in [2.75, 3.05) is 25.1 Å². The van der Waals surface area contributed by atoms with Gasteiger partial charge in [-0.1, -0.05) is 0 Å². The van der Waals surface area contributed by atoms with Crippen LogP contribution in [0.15, 0.2) is 36.9 Å². The van der Waals surface area contributed by atoms with Crippen molar-refractivity contribution in [2.24, 2.45) is 0 Å². The van der Waals surface area contributed by atoms with E-state index in [0.29, 0.717) is 17.8 Å². The Bertz CT molecular complexity index is 899. The summed E-state index contributed by atoms with van der Waals surface area (Å²) in [5.74, 6) is 0.653. The summed E-state index contributed by atoms with van der Waals surface area (Å²) in [4.78, 5) is 22.9. The van der Waals surface area contributed by atoms with Gasteiger partial charge >= 0.3 is 0 Å². The van der Waals surface area contributed by atoms with Crippen LogP contribution in [-0.2, 0) is 4.74 Å². The first-order valence-electron chi connectivity index (χ1n) is 8.26. The van der Waals surface area contributed by atoms with Gasteiger partial charge in [-0.15, -0.1) is 5.10 Å². The van der Waals surface area contributed by atoms with Crippen molar-refractivity contribution >= 4 is 17.4 Å². The lowest BCUT2D eigenvalue weighted by Crippen LogP contribution is -2.40. The molecule has 10 nitrogen and oxygen atoms in total. The van der Waals surface area contributed by atoms with E-state index in [1.54, 1.807) is 31.6 Å². The van der Waals surface area contributed by atoms with Gasteiger partial charge in [0.2, 0.25) is 0 Å². The van der Waals surface area contributed by atoms with Gasteiger partial charge in [0.05, 0.1) is 17.7 Å². The van der Waals surface area contributed by atoms with Crippen LogP contribution in [0, 0.1) is 0 Å². The quantitative estimate of drug-likeness (QED) is 0.678. The third-order valence-corrected chi connectivity index (χ3v) is 4.52. The molecule has 1 N–H and O–H groups in total. The summed E-state index contributed by atoms with van der Waals surface area (Å²) >= 11 is 0. The first-order valence-corrected chi connectivity index (χ1v) is 8.26. The number of fused-ring (bicyclic) bond motifs is 1. The van der Waals surface area contributed by atoms with Crippen molar-refractivity contribution in [3.8, 4) is 0 Å². The van der Waals surface area contributed by atoms with Crippen LogP contribution in [0.4, 0.5) is 5.82 Å². The van der Waals surface area contributed by atoms with Gasteiger partial charge in [-0.25, -0.2) is 9.97 Å². The molecular weight excluding hydrogens is 336 g/mol. The van der Waals surface area contributed by atoms with Crippen LogP contribution >= 0.6 is 0 Å². The predicted molar refractivity (Wildman–Crippen MR) is 91.7 cm³/mol. The summed E-state index contributed by atoms with van der Waals surface area (Å²) in [5.41, 5.74) is 1.09. The predicted octanol–water partition coefficient (Wildman–Crippen LogP) is -0.0620. The van der Waals surface area contributed by atoms with Gasteiger partial charge in [-0.3, -0.25) is 4.79 Å². The molecule has 0 radical (unpaired) electrons. The third kappa shape index (κ3) is 3.18. The van der Waals surface area contributed by atoms with E-state index in [9.17, 15) is 4.79 Å². The van der Waals surface area contributed by atoms with Gasteiger partial charge in [-0.05, 0) is 35.0 Å². The van der Waals surface area contributed by atoms with Crippen LogP contribution in [0.1, 0.15) is 16.8 Å². The van der Waals surface area contributed by atoms with Crippen molar-refractivity contribution in [2.45, 2.75) is 18.6 Å². The highest BCUT2D eigenvalue weighted by Gasteiger charge is 2.33. The number of nitrogens with one attached hydrogen (secondary N) is 1. The van der Waals surface area contributed by atoms with Crippen LogP contribution in [0.5, 0.6) is 0 Å². The zero-order chi connectivity index (χ0) is 17.9. The smallest absolute Gasteiger partial charge is 0.252 e. The summed E-state index contributed by atoms with van der Waals surface area (Å²) in [5, 5.41) is 14.2. The lowest BCUT2D eigenvalue weighted by molar-refractivity contribution is 0.0945. The molecule has 1 amide bonds. The summed E-state index contributed by atoms with van der Waals surface area (Å²) in [6, 6.07) is 5.36. The Morgan fingerprint density at radius 3 is 3.12 bits per heavy atom. The lowest BCUT2D eigenvalue weighted by atomic mass is 10.2. The first kappa shape index (κ1) is 16.3. The number of rotatable bonds is 5. The zero-order valence-corrected chi connectivity index (χ0v) is 14.2. The lowest BCUT2D eigenvalue weighted by Gasteiger charge is -2.25. The van der Waals surface area contributed by atoms with Crippen molar-refractivity contribution in [3.63, 3.8) is 0 Å². The Morgan fingerprint density at radius 1 is 1.38 bits per heavy atom. The van der Waals surface area contributed by atoms with Crippen molar-refractivity contribution < 1.29 is 9.53 Å². The van der Waals surface area contributed by atoms with E-state index in [1.165, 1.54) is 10.8 Å². The van der Waals surface area contributed by atoms with Crippen LogP contribution in [0.25, 0.3) is 5.65 Å². The minimum atomic E-state index is -0.175. The maximum Gasteiger partial charge on any atom is 0.252 e. The van der Waals surface area contributed by atoms with Gasteiger partial charge in [0, 0.05) is 32.6 Å². The Morgan fingerprint density at radius 2 is 2.31 bits per heavy atom. The topological polar surface area (TPSA) is 110 Å². The number of amides is 1. The molecule has 2 atom stereocenters. The minimum absolute atomic E-state index is 0.0931. The van der Waals surface area contributed by atoms with Crippen LogP contribution < -0.4 is 10.2 Å². The average Bonchev–Trinajstić information content (AvgIpc) is 3.32. The molecule has 3 aromatic rings. The maximum atomic E-state index is 12.5. The number of tetrazole rings is 1. The Balaban J connectivity index is 1.45. The van der Waals surface area contributed by atoms with Gasteiger partial charge in [-0.2, -0.15) is 4.52 Å². The van der Waals surface area contributed by atoms with Gasteiger partial charge in [0.15, 0.2) is 5.65 Å². The number of carbonyl (C=O) groups excluding carboxylic acids is 1. The van der Waals surface area contributed by atoms with E-state index in [1.807, 2.05) is 6.07 Å². The molecule has 0 aliphatic carbocycles. The fraction of sp³-hybridized carbons (Fsp3) is 0.375. The minimum Gasteiger partial charge on any atom is -0.380 e. The highest BCUT2D eigenvalue weighted by molar-refractivity contribution is 5.94. The number of ether oxygens (including phenoxy) is 1. The standard InChI is InChI=1S/C16H18N8O2/c1-26-13-6-12(23(9-13)14-4-5-17-10-19-14)7-18-16(25)11-2-3-15-20-21-22-24(15)8-11/h2-5,8,10,12-13H,6-7,9H2,1H3,(H,18,25)/t12-,13-/m0/s1. The number of hydrogen-bond acceptors (Lipinski definition) is 8. The first-order chi connectivity index (χ1) is 12.7. The van der Waals surface area contributed by atoms with E-state index in [-0.39, 0.29) is 18.1 Å². The van der Waals surface area contributed by atoms with Crippen molar-refractivity contribution in [1.29, 1.82) is 0 Å². The normalized spacial score (nSPS) is 19.8. The molecule has 0 unspecified atom stereocenters. The molecular formula is C16H18N8O2. The highest BCUT2D eigenvalue weighted by Crippen LogP contribution is 2.24. The number of pyridine rings is 1. The second-order valence-electron chi connectivity index (χ2n) is 6.08. The van der Waals surface area contributed by atoms with E-state index in [2.05, 4.69) is 35.7 Å². The van der Waals surface area contributed by atoms with Crippen LogP contribution in [0.3, 0.4) is 0 Å². The van der Waals surface area contributed by atoms with Gasteiger partial charge in [0.1, 0.15) is 12.1 Å². The summed E-state index contributed by atoms with van der Waals surface area (Å²) in [6.07, 6.45) is 5.75. The number of methoxy groups -OCH3 is 1. The third-order valence-electron chi connectivity index (χ3n) is 4.52. The number of nitrogens with zero attached hydrogens (tertiary/aromatic N) is 7. The molecule has 134 valence electrons. The van der Waals surface area contributed by atoms with Gasteiger partial charge < -0.3 is 15.0 Å². The molecule has 26 heavy (non-hydrogen) atoms. The fourth-order valence-corrected chi connectivity index (χ4v) is 3.16. The summed E-state index contributed by atoms with van der Waals surface area (Å²) < 4.78 is 6.97. The molecule has 10 heteroatoms. The summed E-state index contributed by atoms with van der Waals surface area (Å²) in [7, 11) is 1.70. The Kier molecular flexibility index (Phi) is 4.40. The Hall–Kier alpha value is -3.14. The average molecular weight is 354 g/mol. The molecule has 4 heterocycles. The van der Waals surface area contributed by atoms with E-state index in [4.69, 9.17) is 4.74 Å². The molecule has 0 saturated carbocycles. The number of carbonyl (C=O) groups is 1. The second-order valence-corrected chi connectivity index (χ2v) is 6.08. The highest BCUT2D eigenvalue weighted by atomic mass is 16.5. The number of anilines is 1. The molecule has 0 spiro atoms. The maximum absolute atomic E-state index is 12.5. The van der Waals surface area contributed by atoms with Crippen molar-refractivity contribution in [3.05, 3.63) is 42.5 Å². The summed E-state index contributed by atoms with van der Waals surface area (Å²) in [6.45, 7) is 1.21. The van der Waals surface area contributed by atoms with Crippen molar-refractivity contribution in [1.82, 2.24) is 35.3 Å². The molecule has 0 bridgehead atoms. The van der Waals surface area contributed by atoms with E-state index in [0.717, 1.165) is 18.8 Å². The molecule has 1 aliphatic heterocycles. The molecule has 1 saturated heterocycles. The molecule has 0 aromatic carbocycles. The molecule has 1 fully saturated rings. The molecule has 3 aromatic heterocycles. The van der Waals surface area contributed by atoms with Gasteiger partial charge in [0.25, 0.3) is 5.91 Å².